The summed E-state index contributed by atoms with van der Waals surface area (Å²) in [5.41, 5.74) is 3.89. The number of anilines is 1. The third kappa shape index (κ3) is 4.25. The summed E-state index contributed by atoms with van der Waals surface area (Å²) in [6, 6.07) is 13.2. The number of carbonyl (C=O) groups is 2. The summed E-state index contributed by atoms with van der Waals surface area (Å²) in [7, 11) is 1.59. The summed E-state index contributed by atoms with van der Waals surface area (Å²) in [4.78, 5) is 26.8. The third-order valence-electron chi connectivity index (χ3n) is 5.57. The van der Waals surface area contributed by atoms with Crippen LogP contribution < -0.4 is 15.0 Å². The summed E-state index contributed by atoms with van der Waals surface area (Å²) < 4.78 is 6.76. The molecule has 9 heteroatoms. The number of carbonyl (C=O) groups excluding carboxylic acids is 2. The van der Waals surface area contributed by atoms with E-state index in [0.29, 0.717) is 18.1 Å². The van der Waals surface area contributed by atoms with Crippen molar-refractivity contribution in [3.05, 3.63) is 59.4 Å². The third-order valence-corrected chi connectivity index (χ3v) is 5.57. The zero-order chi connectivity index (χ0) is 22.0. The molecule has 0 bridgehead atoms. The van der Waals surface area contributed by atoms with Gasteiger partial charge in [-0.1, -0.05) is 6.07 Å². The van der Waals surface area contributed by atoms with Crippen LogP contribution in [0.15, 0.2) is 42.5 Å². The second-order valence-electron chi connectivity index (χ2n) is 7.60. The predicted molar refractivity (Wildman–Crippen MR) is 114 cm³/mol. The van der Waals surface area contributed by atoms with E-state index in [9.17, 15) is 9.59 Å². The average molecular weight is 420 g/mol. The van der Waals surface area contributed by atoms with Gasteiger partial charge >= 0.3 is 0 Å². The van der Waals surface area contributed by atoms with Gasteiger partial charge in [-0.2, -0.15) is 4.68 Å². The van der Waals surface area contributed by atoms with Crippen molar-refractivity contribution in [2.45, 2.75) is 26.8 Å². The highest BCUT2D eigenvalue weighted by molar-refractivity contribution is 6.00. The molecule has 31 heavy (non-hydrogen) atoms. The maximum Gasteiger partial charge on any atom is 0.227 e. The molecule has 0 spiro atoms. The van der Waals surface area contributed by atoms with Gasteiger partial charge in [0.1, 0.15) is 5.75 Å². The topological polar surface area (TPSA) is 102 Å². The summed E-state index contributed by atoms with van der Waals surface area (Å²) in [5, 5.41) is 14.7. The van der Waals surface area contributed by atoms with Gasteiger partial charge in [-0.15, -0.1) is 5.10 Å². The van der Waals surface area contributed by atoms with Gasteiger partial charge in [0.25, 0.3) is 0 Å². The summed E-state index contributed by atoms with van der Waals surface area (Å²) in [6.45, 7) is 4.57. The molecule has 3 aromatic rings. The number of benzene rings is 2. The van der Waals surface area contributed by atoms with Crippen molar-refractivity contribution in [1.82, 2.24) is 25.5 Å². The fraction of sp³-hybridized carbons (Fsp3) is 0.318. The van der Waals surface area contributed by atoms with Gasteiger partial charge < -0.3 is 15.0 Å². The molecule has 1 N–H and O–H groups in total. The lowest BCUT2D eigenvalue weighted by Crippen LogP contribution is -2.33. The molecule has 2 amide bonds. The lowest BCUT2D eigenvalue weighted by Gasteiger charge is -2.17. The van der Waals surface area contributed by atoms with Crippen molar-refractivity contribution in [1.29, 1.82) is 0 Å². The van der Waals surface area contributed by atoms with E-state index in [4.69, 9.17) is 4.74 Å². The number of rotatable bonds is 6. The van der Waals surface area contributed by atoms with E-state index in [1.165, 1.54) is 5.56 Å². The number of nitrogens with one attached hydrogen (secondary N) is 1. The lowest BCUT2D eigenvalue weighted by atomic mass is 10.1. The van der Waals surface area contributed by atoms with Gasteiger partial charge in [-0.25, -0.2) is 0 Å². The molecule has 2 heterocycles. The SMILES string of the molecule is COc1ccc(N2C[C@H](C(=O)NCc3nnnn3-c3ccc(C)c(C)c3)CC2=O)cc1. The van der Waals surface area contributed by atoms with Crippen molar-refractivity contribution in [2.75, 3.05) is 18.6 Å². The van der Waals surface area contributed by atoms with Crippen LogP contribution in [0.4, 0.5) is 5.69 Å². The second kappa shape index (κ2) is 8.55. The van der Waals surface area contributed by atoms with Crippen LogP contribution in [0.3, 0.4) is 0 Å². The molecule has 1 saturated heterocycles. The van der Waals surface area contributed by atoms with Crippen LogP contribution in [0, 0.1) is 19.8 Å². The molecular formula is C22H24N6O3. The van der Waals surface area contributed by atoms with E-state index in [1.807, 2.05) is 44.2 Å². The van der Waals surface area contributed by atoms with E-state index < -0.39 is 5.92 Å². The van der Waals surface area contributed by atoms with E-state index in [-0.39, 0.29) is 24.8 Å². The van der Waals surface area contributed by atoms with Crippen LogP contribution in [-0.2, 0) is 16.1 Å². The highest BCUT2D eigenvalue weighted by atomic mass is 16.5. The standard InChI is InChI=1S/C22H24N6O3/c1-14-4-5-18(10-15(14)2)28-20(24-25-26-28)12-23-22(30)16-11-21(29)27(13-16)17-6-8-19(31-3)9-7-17/h4-10,16H,11-13H2,1-3H3,(H,23,30)/t16-/m1/s1. The summed E-state index contributed by atoms with van der Waals surface area (Å²) in [6.07, 6.45) is 0.167. The minimum atomic E-state index is -0.430. The average Bonchev–Trinajstić information content (AvgIpc) is 3.41. The first-order valence-electron chi connectivity index (χ1n) is 10.0. The Morgan fingerprint density at radius 2 is 1.87 bits per heavy atom. The van der Waals surface area contributed by atoms with Gasteiger partial charge in [-0.3, -0.25) is 9.59 Å². The number of tetrazole rings is 1. The zero-order valence-electron chi connectivity index (χ0n) is 17.7. The molecule has 9 nitrogen and oxygen atoms in total. The first kappa shape index (κ1) is 20.5. The molecule has 0 radical (unpaired) electrons. The van der Waals surface area contributed by atoms with Crippen LogP contribution in [0.5, 0.6) is 5.75 Å². The second-order valence-corrected chi connectivity index (χ2v) is 7.60. The van der Waals surface area contributed by atoms with Crippen LogP contribution in [-0.4, -0.2) is 45.7 Å². The molecule has 1 atom stereocenters. The minimum Gasteiger partial charge on any atom is -0.497 e. The van der Waals surface area contributed by atoms with Crippen LogP contribution in [0.25, 0.3) is 5.69 Å². The molecule has 0 saturated carbocycles. The Kier molecular flexibility index (Phi) is 5.66. The number of ether oxygens (including phenoxy) is 1. The number of aryl methyl sites for hydroxylation is 2. The molecule has 0 unspecified atom stereocenters. The van der Waals surface area contributed by atoms with E-state index >= 15 is 0 Å². The highest BCUT2D eigenvalue weighted by Gasteiger charge is 2.35. The fourth-order valence-corrected chi connectivity index (χ4v) is 3.58. The highest BCUT2D eigenvalue weighted by Crippen LogP contribution is 2.27. The molecule has 0 aliphatic carbocycles. The molecule has 1 fully saturated rings. The monoisotopic (exact) mass is 420 g/mol. The summed E-state index contributed by atoms with van der Waals surface area (Å²) >= 11 is 0. The number of nitrogens with zero attached hydrogens (tertiary/aromatic N) is 5. The van der Waals surface area contributed by atoms with E-state index in [1.54, 1.807) is 28.8 Å². The fourth-order valence-electron chi connectivity index (χ4n) is 3.58. The molecule has 1 aromatic heterocycles. The Morgan fingerprint density at radius 3 is 2.58 bits per heavy atom. The van der Waals surface area contributed by atoms with Gasteiger partial charge in [0.2, 0.25) is 11.8 Å². The Bertz CT molecular complexity index is 1110. The van der Waals surface area contributed by atoms with Gasteiger partial charge in [0, 0.05) is 18.7 Å². The molecule has 2 aromatic carbocycles. The normalized spacial score (nSPS) is 15.9. The van der Waals surface area contributed by atoms with E-state index in [0.717, 1.165) is 16.9 Å². The Balaban J connectivity index is 1.40. The zero-order valence-corrected chi connectivity index (χ0v) is 17.7. The Labute approximate surface area is 180 Å². The van der Waals surface area contributed by atoms with Crippen LogP contribution in [0.2, 0.25) is 0 Å². The van der Waals surface area contributed by atoms with Crippen molar-refractivity contribution in [3.8, 4) is 11.4 Å². The maximum atomic E-state index is 12.7. The number of methoxy groups -OCH3 is 1. The largest absolute Gasteiger partial charge is 0.497 e. The number of aromatic nitrogens is 4. The summed E-state index contributed by atoms with van der Waals surface area (Å²) in [5.74, 6) is 0.531. The van der Waals surface area contributed by atoms with Crippen molar-refractivity contribution in [3.63, 3.8) is 0 Å². The molecular weight excluding hydrogens is 396 g/mol. The first-order chi connectivity index (χ1) is 15.0. The number of hydrogen-bond donors (Lipinski definition) is 1. The smallest absolute Gasteiger partial charge is 0.227 e. The molecule has 160 valence electrons. The van der Waals surface area contributed by atoms with E-state index in [2.05, 4.69) is 20.8 Å². The Morgan fingerprint density at radius 1 is 1.13 bits per heavy atom. The maximum absolute atomic E-state index is 12.7. The van der Waals surface area contributed by atoms with Gasteiger partial charge in [0.05, 0.1) is 25.3 Å². The van der Waals surface area contributed by atoms with Crippen molar-refractivity contribution < 1.29 is 14.3 Å². The quantitative estimate of drug-likeness (QED) is 0.654. The van der Waals surface area contributed by atoms with Crippen molar-refractivity contribution >= 4 is 17.5 Å². The van der Waals surface area contributed by atoms with Crippen molar-refractivity contribution in [2.24, 2.45) is 5.92 Å². The number of amides is 2. The van der Waals surface area contributed by atoms with Gasteiger partial charge in [-0.05, 0) is 71.8 Å². The lowest BCUT2D eigenvalue weighted by molar-refractivity contribution is -0.126. The minimum absolute atomic E-state index is 0.0784. The molecule has 1 aliphatic heterocycles. The first-order valence-corrected chi connectivity index (χ1v) is 10.0. The Hall–Kier alpha value is -3.75. The molecule has 4 rings (SSSR count). The predicted octanol–water partition coefficient (Wildman–Crippen LogP) is 1.96. The van der Waals surface area contributed by atoms with Crippen LogP contribution in [0.1, 0.15) is 23.4 Å². The molecule has 1 aliphatic rings. The van der Waals surface area contributed by atoms with Gasteiger partial charge in [0.15, 0.2) is 5.82 Å². The van der Waals surface area contributed by atoms with Crippen LogP contribution >= 0.6 is 0 Å². The number of hydrogen-bond acceptors (Lipinski definition) is 6.